The van der Waals surface area contributed by atoms with Crippen molar-refractivity contribution in [1.82, 2.24) is 9.80 Å². The zero-order chi connectivity index (χ0) is 19.5. The van der Waals surface area contributed by atoms with Crippen molar-refractivity contribution in [3.05, 3.63) is 24.3 Å². The molecule has 1 aliphatic heterocycles. The Hall–Kier alpha value is -2.62. The normalized spacial score (nSPS) is 17.8. The Morgan fingerprint density at radius 3 is 2.42 bits per heavy atom. The van der Waals surface area contributed by atoms with Gasteiger partial charge in [0.1, 0.15) is 5.75 Å². The minimum atomic E-state index is -4.79. The van der Waals surface area contributed by atoms with Gasteiger partial charge in [0.05, 0.1) is 19.0 Å². The molecule has 1 unspecified atom stereocenters. The molecule has 3 amide bonds. The molecule has 1 heterocycles. The van der Waals surface area contributed by atoms with Crippen molar-refractivity contribution < 1.29 is 32.3 Å². The number of rotatable bonds is 6. The molecule has 1 N–H and O–H groups in total. The van der Waals surface area contributed by atoms with Gasteiger partial charge in [-0.2, -0.15) is 0 Å². The first-order valence-corrected chi connectivity index (χ1v) is 7.81. The van der Waals surface area contributed by atoms with E-state index in [1.165, 1.54) is 17.0 Å². The maximum Gasteiger partial charge on any atom is 0.573 e. The Bertz CT molecular complexity index is 691. The molecule has 0 saturated carbocycles. The predicted molar refractivity (Wildman–Crippen MR) is 85.2 cm³/mol. The summed E-state index contributed by atoms with van der Waals surface area (Å²) in [6.45, 7) is 1.82. The molecule has 1 aliphatic rings. The fraction of sp³-hybridized carbons (Fsp3) is 0.438. The molecule has 26 heavy (non-hydrogen) atoms. The Balaban J connectivity index is 1.90. The third kappa shape index (κ3) is 4.94. The van der Waals surface area contributed by atoms with Crippen molar-refractivity contribution in [3.8, 4) is 5.75 Å². The molecule has 0 aromatic heterocycles. The molecule has 1 saturated heterocycles. The zero-order valence-corrected chi connectivity index (χ0v) is 14.2. The number of nitrogens with zero attached hydrogens (tertiary/aromatic N) is 2. The minimum absolute atomic E-state index is 0.0138. The highest BCUT2D eigenvalue weighted by molar-refractivity contribution is 6.05. The first-order chi connectivity index (χ1) is 12.1. The van der Waals surface area contributed by atoms with Crippen molar-refractivity contribution in [2.45, 2.75) is 25.7 Å². The second kappa shape index (κ2) is 7.73. The molecule has 142 valence electrons. The van der Waals surface area contributed by atoms with Gasteiger partial charge in [-0.25, -0.2) is 0 Å². The van der Waals surface area contributed by atoms with Gasteiger partial charge in [0.15, 0.2) is 0 Å². The number of hydrogen-bond acceptors (Lipinski definition) is 5. The monoisotopic (exact) mass is 373 g/mol. The highest BCUT2D eigenvalue weighted by atomic mass is 19.4. The lowest BCUT2D eigenvalue weighted by Gasteiger charge is -2.22. The number of ether oxygens (including phenoxy) is 1. The van der Waals surface area contributed by atoms with Crippen LogP contribution < -0.4 is 10.1 Å². The Morgan fingerprint density at radius 2 is 1.92 bits per heavy atom. The van der Waals surface area contributed by atoms with Gasteiger partial charge in [-0.3, -0.25) is 24.2 Å². The Kier molecular flexibility index (Phi) is 5.86. The molecule has 0 aliphatic carbocycles. The molecule has 0 spiro atoms. The van der Waals surface area contributed by atoms with Crippen molar-refractivity contribution in [2.75, 3.05) is 25.5 Å². The summed E-state index contributed by atoms with van der Waals surface area (Å²) in [6.07, 6.45) is -4.77. The van der Waals surface area contributed by atoms with Crippen LogP contribution >= 0.6 is 0 Å². The molecular formula is C16H18F3N3O4. The molecule has 2 rings (SSSR count). The van der Waals surface area contributed by atoms with Crippen LogP contribution in [-0.4, -0.2) is 60.1 Å². The standard InChI is InChI=1S/C16H18F3N3O4/c1-3-22-14(24)8-12(15(22)25)21(2)9-13(23)20-10-4-6-11(7-5-10)26-16(17,18)19/h4-7,12H,3,8-9H2,1-2H3,(H,20,23). The lowest BCUT2D eigenvalue weighted by Crippen LogP contribution is -2.43. The third-order valence-corrected chi connectivity index (χ3v) is 3.83. The molecule has 1 aromatic rings. The van der Waals surface area contributed by atoms with E-state index < -0.39 is 24.1 Å². The van der Waals surface area contributed by atoms with E-state index in [4.69, 9.17) is 0 Å². The van der Waals surface area contributed by atoms with Gasteiger partial charge in [0, 0.05) is 12.2 Å². The number of likely N-dealkylation sites (N-methyl/N-ethyl adjacent to an activating group) is 2. The molecule has 1 fully saturated rings. The molecule has 0 bridgehead atoms. The van der Waals surface area contributed by atoms with E-state index in [0.29, 0.717) is 0 Å². The van der Waals surface area contributed by atoms with Crippen LogP contribution in [0.2, 0.25) is 0 Å². The van der Waals surface area contributed by atoms with Crippen molar-refractivity contribution in [3.63, 3.8) is 0 Å². The number of halogens is 3. The van der Waals surface area contributed by atoms with Gasteiger partial charge in [-0.15, -0.1) is 13.2 Å². The van der Waals surface area contributed by atoms with Crippen LogP contribution in [0.1, 0.15) is 13.3 Å². The van der Waals surface area contributed by atoms with E-state index in [0.717, 1.165) is 17.0 Å². The largest absolute Gasteiger partial charge is 0.573 e. The van der Waals surface area contributed by atoms with Crippen LogP contribution in [0.25, 0.3) is 0 Å². The minimum Gasteiger partial charge on any atom is -0.406 e. The number of alkyl halides is 3. The second-order valence-corrected chi connectivity index (χ2v) is 5.73. The van der Waals surface area contributed by atoms with Crippen LogP contribution in [0.4, 0.5) is 18.9 Å². The molecule has 1 atom stereocenters. The van der Waals surface area contributed by atoms with E-state index in [9.17, 15) is 27.6 Å². The van der Waals surface area contributed by atoms with Crippen LogP contribution in [0.5, 0.6) is 5.75 Å². The number of benzene rings is 1. The van der Waals surface area contributed by atoms with E-state index in [1.807, 2.05) is 0 Å². The number of carbonyl (C=O) groups is 3. The number of imide groups is 1. The summed E-state index contributed by atoms with van der Waals surface area (Å²) in [5, 5.41) is 2.51. The van der Waals surface area contributed by atoms with Gasteiger partial charge < -0.3 is 10.1 Å². The molecular weight excluding hydrogens is 355 g/mol. The van der Waals surface area contributed by atoms with Gasteiger partial charge in [0.25, 0.3) is 0 Å². The van der Waals surface area contributed by atoms with Crippen LogP contribution in [-0.2, 0) is 14.4 Å². The van der Waals surface area contributed by atoms with Gasteiger partial charge in [-0.05, 0) is 38.2 Å². The third-order valence-electron chi connectivity index (χ3n) is 3.83. The van der Waals surface area contributed by atoms with Crippen molar-refractivity contribution in [1.29, 1.82) is 0 Å². The maximum absolute atomic E-state index is 12.1. The second-order valence-electron chi connectivity index (χ2n) is 5.73. The van der Waals surface area contributed by atoms with Gasteiger partial charge >= 0.3 is 6.36 Å². The summed E-state index contributed by atoms with van der Waals surface area (Å²) in [5.74, 6) is -1.49. The number of hydrogen-bond donors (Lipinski definition) is 1. The van der Waals surface area contributed by atoms with Crippen LogP contribution in [0, 0.1) is 0 Å². The summed E-state index contributed by atoms with van der Waals surface area (Å²) in [4.78, 5) is 38.5. The van der Waals surface area contributed by atoms with Gasteiger partial charge in [0.2, 0.25) is 17.7 Å². The zero-order valence-electron chi connectivity index (χ0n) is 14.2. The van der Waals surface area contributed by atoms with E-state index in [1.54, 1.807) is 14.0 Å². The highest BCUT2D eigenvalue weighted by Gasteiger charge is 2.40. The van der Waals surface area contributed by atoms with Crippen LogP contribution in [0.15, 0.2) is 24.3 Å². The Labute approximate surface area is 147 Å². The number of likely N-dealkylation sites (tertiary alicyclic amines) is 1. The number of amides is 3. The quantitative estimate of drug-likeness (QED) is 0.767. The average Bonchev–Trinajstić information content (AvgIpc) is 2.82. The maximum atomic E-state index is 12.1. The lowest BCUT2D eigenvalue weighted by molar-refractivity contribution is -0.274. The SMILES string of the molecule is CCN1C(=O)CC(N(C)CC(=O)Nc2ccc(OC(F)(F)F)cc2)C1=O. The van der Waals surface area contributed by atoms with Crippen molar-refractivity contribution >= 4 is 23.4 Å². The van der Waals surface area contributed by atoms with E-state index in [-0.39, 0.29) is 37.0 Å². The van der Waals surface area contributed by atoms with Gasteiger partial charge in [-0.1, -0.05) is 0 Å². The van der Waals surface area contributed by atoms with E-state index in [2.05, 4.69) is 10.1 Å². The first-order valence-electron chi connectivity index (χ1n) is 7.81. The summed E-state index contributed by atoms with van der Waals surface area (Å²) in [6, 6.07) is 3.98. The van der Waals surface area contributed by atoms with Crippen LogP contribution in [0.3, 0.4) is 0 Å². The summed E-state index contributed by atoms with van der Waals surface area (Å²) >= 11 is 0. The molecule has 1 aromatic carbocycles. The highest BCUT2D eigenvalue weighted by Crippen LogP contribution is 2.24. The van der Waals surface area contributed by atoms with E-state index >= 15 is 0 Å². The Morgan fingerprint density at radius 1 is 1.31 bits per heavy atom. The lowest BCUT2D eigenvalue weighted by atomic mass is 10.2. The summed E-state index contributed by atoms with van der Waals surface area (Å²) in [5.41, 5.74) is 0.280. The first kappa shape index (κ1) is 19.7. The topological polar surface area (TPSA) is 79.0 Å². The fourth-order valence-electron chi connectivity index (χ4n) is 2.62. The fourth-order valence-corrected chi connectivity index (χ4v) is 2.62. The molecule has 10 heteroatoms. The smallest absolute Gasteiger partial charge is 0.406 e. The molecule has 0 radical (unpaired) electrons. The molecule has 7 nitrogen and oxygen atoms in total. The average molecular weight is 373 g/mol. The number of carbonyl (C=O) groups excluding carboxylic acids is 3. The summed E-state index contributed by atoms with van der Waals surface area (Å²) in [7, 11) is 1.55. The summed E-state index contributed by atoms with van der Waals surface area (Å²) < 4.78 is 40.1. The number of anilines is 1. The van der Waals surface area contributed by atoms with Crippen molar-refractivity contribution in [2.24, 2.45) is 0 Å². The predicted octanol–water partition coefficient (Wildman–Crippen LogP) is 1.60. The number of nitrogens with one attached hydrogen (secondary N) is 1.